The fourth-order valence-corrected chi connectivity index (χ4v) is 0.765. The molecule has 1 rings (SSSR count). The lowest BCUT2D eigenvalue weighted by Crippen LogP contribution is -2.01. The van der Waals surface area contributed by atoms with E-state index in [1.165, 1.54) is 0 Å². The van der Waals surface area contributed by atoms with Crippen LogP contribution in [-0.4, -0.2) is 14.8 Å². The van der Waals surface area contributed by atoms with E-state index in [4.69, 9.17) is 5.73 Å². The molecule has 0 radical (unpaired) electrons. The first-order valence-corrected chi connectivity index (χ1v) is 3.48. The number of aryl methyl sites for hydroxylation is 1. The molecule has 10 heavy (non-hydrogen) atoms. The van der Waals surface area contributed by atoms with Crippen molar-refractivity contribution in [2.24, 2.45) is 0 Å². The van der Waals surface area contributed by atoms with E-state index in [1.807, 2.05) is 4.57 Å². The van der Waals surface area contributed by atoms with Crippen LogP contribution in [0.3, 0.4) is 0 Å². The monoisotopic (exact) mass is 140 g/mol. The van der Waals surface area contributed by atoms with Gasteiger partial charge in [-0.15, -0.1) is 10.2 Å². The second kappa shape index (κ2) is 3.20. The summed E-state index contributed by atoms with van der Waals surface area (Å²) in [5.74, 6) is 0.508. The Morgan fingerprint density at radius 1 is 1.70 bits per heavy atom. The minimum atomic E-state index is 0.508. The van der Waals surface area contributed by atoms with Crippen molar-refractivity contribution in [3.8, 4) is 0 Å². The predicted octanol–water partition coefficient (Wildman–Crippen LogP) is 0.660. The largest absolute Gasteiger partial charge is 0.368 e. The molecule has 1 aromatic rings. The van der Waals surface area contributed by atoms with Gasteiger partial charge in [-0.2, -0.15) is 0 Å². The number of hydrogen-bond acceptors (Lipinski definition) is 3. The molecule has 0 aliphatic rings. The Morgan fingerprint density at radius 2 is 2.50 bits per heavy atom. The molecule has 4 nitrogen and oxygen atoms in total. The first kappa shape index (κ1) is 7.05. The van der Waals surface area contributed by atoms with Crippen molar-refractivity contribution in [1.82, 2.24) is 14.8 Å². The summed E-state index contributed by atoms with van der Waals surface area (Å²) in [5, 5.41) is 7.32. The Labute approximate surface area is 60.1 Å². The predicted molar refractivity (Wildman–Crippen MR) is 39.3 cm³/mol. The molecule has 2 N–H and O–H groups in total. The normalized spacial score (nSPS) is 10.1. The summed E-state index contributed by atoms with van der Waals surface area (Å²) in [6.45, 7) is 3.07. The molecule has 1 aromatic heterocycles. The molecule has 0 atom stereocenters. The van der Waals surface area contributed by atoms with Gasteiger partial charge in [-0.25, -0.2) is 0 Å². The van der Waals surface area contributed by atoms with Crippen LogP contribution in [-0.2, 0) is 6.54 Å². The molecule has 0 fully saturated rings. The third-order valence-electron chi connectivity index (χ3n) is 1.40. The summed E-state index contributed by atoms with van der Waals surface area (Å²) in [7, 11) is 0. The van der Waals surface area contributed by atoms with Gasteiger partial charge in [-0.1, -0.05) is 13.3 Å². The Kier molecular flexibility index (Phi) is 2.25. The van der Waals surface area contributed by atoms with Gasteiger partial charge >= 0.3 is 0 Å². The SMILES string of the molecule is CCCCn1cnnc1N. The Balaban J connectivity index is 2.49. The third kappa shape index (κ3) is 1.46. The van der Waals surface area contributed by atoms with Crippen molar-refractivity contribution in [2.45, 2.75) is 26.3 Å². The maximum atomic E-state index is 5.47. The molecule has 56 valence electrons. The number of unbranched alkanes of at least 4 members (excludes halogenated alkanes) is 1. The first-order valence-electron chi connectivity index (χ1n) is 3.48. The van der Waals surface area contributed by atoms with Gasteiger partial charge in [0.2, 0.25) is 5.95 Å². The summed E-state index contributed by atoms with van der Waals surface area (Å²) in [6.07, 6.45) is 3.95. The van der Waals surface area contributed by atoms with E-state index in [2.05, 4.69) is 17.1 Å². The molecule has 0 aliphatic heterocycles. The molecule has 1 heterocycles. The van der Waals surface area contributed by atoms with Crippen LogP contribution in [0.2, 0.25) is 0 Å². The highest BCUT2D eigenvalue weighted by atomic mass is 15.3. The Hall–Kier alpha value is -1.06. The van der Waals surface area contributed by atoms with Crippen molar-refractivity contribution in [3.05, 3.63) is 6.33 Å². The fourth-order valence-electron chi connectivity index (χ4n) is 0.765. The van der Waals surface area contributed by atoms with Crippen LogP contribution in [0.15, 0.2) is 6.33 Å². The van der Waals surface area contributed by atoms with Crippen LogP contribution in [0.4, 0.5) is 5.95 Å². The zero-order valence-corrected chi connectivity index (χ0v) is 6.12. The van der Waals surface area contributed by atoms with Crippen molar-refractivity contribution >= 4 is 5.95 Å². The van der Waals surface area contributed by atoms with Gasteiger partial charge in [-0.3, -0.25) is 0 Å². The Bertz CT molecular complexity index is 193. The topological polar surface area (TPSA) is 56.7 Å². The Morgan fingerprint density at radius 3 is 3.00 bits per heavy atom. The summed E-state index contributed by atoms with van der Waals surface area (Å²) >= 11 is 0. The molecule has 0 amide bonds. The highest BCUT2D eigenvalue weighted by molar-refractivity contribution is 5.12. The van der Waals surface area contributed by atoms with Gasteiger partial charge < -0.3 is 10.3 Å². The van der Waals surface area contributed by atoms with Crippen LogP contribution >= 0.6 is 0 Å². The number of rotatable bonds is 3. The van der Waals surface area contributed by atoms with Crippen LogP contribution in [0, 0.1) is 0 Å². The summed E-state index contributed by atoms with van der Waals surface area (Å²) in [6, 6.07) is 0. The van der Waals surface area contributed by atoms with Gasteiger partial charge in [0.05, 0.1) is 0 Å². The highest BCUT2D eigenvalue weighted by Crippen LogP contribution is 1.98. The van der Waals surface area contributed by atoms with Gasteiger partial charge in [0.25, 0.3) is 0 Å². The number of hydrogen-bond donors (Lipinski definition) is 1. The smallest absolute Gasteiger partial charge is 0.221 e. The van der Waals surface area contributed by atoms with Crippen LogP contribution in [0.25, 0.3) is 0 Å². The third-order valence-corrected chi connectivity index (χ3v) is 1.40. The fraction of sp³-hybridized carbons (Fsp3) is 0.667. The molecule has 0 aromatic carbocycles. The number of aromatic nitrogens is 3. The van der Waals surface area contributed by atoms with Gasteiger partial charge in [0, 0.05) is 6.54 Å². The maximum absolute atomic E-state index is 5.47. The molecular weight excluding hydrogens is 128 g/mol. The number of nitrogens with two attached hydrogens (primary N) is 1. The standard InChI is InChI=1S/C6H12N4/c1-2-3-4-10-5-8-9-6(10)7/h5H,2-4H2,1H3,(H2,7,9). The zero-order chi connectivity index (χ0) is 7.40. The number of nitrogens with zero attached hydrogens (tertiary/aromatic N) is 3. The van der Waals surface area contributed by atoms with Crippen molar-refractivity contribution in [1.29, 1.82) is 0 Å². The molecular formula is C6H12N4. The van der Waals surface area contributed by atoms with Crippen LogP contribution < -0.4 is 5.73 Å². The molecule has 0 saturated heterocycles. The highest BCUT2D eigenvalue weighted by Gasteiger charge is 1.95. The summed E-state index contributed by atoms with van der Waals surface area (Å²) in [5.41, 5.74) is 5.47. The average molecular weight is 140 g/mol. The molecule has 4 heteroatoms. The maximum Gasteiger partial charge on any atom is 0.221 e. The lowest BCUT2D eigenvalue weighted by Gasteiger charge is -1.99. The minimum Gasteiger partial charge on any atom is -0.368 e. The van der Waals surface area contributed by atoms with Gasteiger partial charge in [-0.05, 0) is 6.42 Å². The van der Waals surface area contributed by atoms with Crippen molar-refractivity contribution in [3.63, 3.8) is 0 Å². The number of anilines is 1. The van der Waals surface area contributed by atoms with Crippen molar-refractivity contribution in [2.75, 3.05) is 5.73 Å². The molecule has 0 aliphatic carbocycles. The molecule has 0 saturated carbocycles. The van der Waals surface area contributed by atoms with Crippen LogP contribution in [0.1, 0.15) is 19.8 Å². The second-order valence-corrected chi connectivity index (χ2v) is 2.24. The molecule has 0 bridgehead atoms. The zero-order valence-electron chi connectivity index (χ0n) is 6.12. The quantitative estimate of drug-likeness (QED) is 0.671. The van der Waals surface area contributed by atoms with E-state index in [1.54, 1.807) is 6.33 Å². The second-order valence-electron chi connectivity index (χ2n) is 2.24. The lowest BCUT2D eigenvalue weighted by molar-refractivity contribution is 0.636. The van der Waals surface area contributed by atoms with E-state index >= 15 is 0 Å². The molecule has 0 spiro atoms. The first-order chi connectivity index (χ1) is 4.84. The van der Waals surface area contributed by atoms with Crippen molar-refractivity contribution < 1.29 is 0 Å². The van der Waals surface area contributed by atoms with Crippen LogP contribution in [0.5, 0.6) is 0 Å². The number of nitrogen functional groups attached to an aromatic ring is 1. The van der Waals surface area contributed by atoms with E-state index in [0.717, 1.165) is 19.4 Å². The molecule has 0 unspecified atom stereocenters. The van der Waals surface area contributed by atoms with E-state index in [0.29, 0.717) is 5.95 Å². The van der Waals surface area contributed by atoms with E-state index < -0.39 is 0 Å². The lowest BCUT2D eigenvalue weighted by atomic mass is 10.3. The van der Waals surface area contributed by atoms with Gasteiger partial charge in [0.15, 0.2) is 0 Å². The van der Waals surface area contributed by atoms with Gasteiger partial charge in [0.1, 0.15) is 6.33 Å². The summed E-state index contributed by atoms with van der Waals surface area (Å²) < 4.78 is 1.85. The average Bonchev–Trinajstić information content (AvgIpc) is 2.31. The summed E-state index contributed by atoms with van der Waals surface area (Å²) in [4.78, 5) is 0. The minimum absolute atomic E-state index is 0.508. The van der Waals surface area contributed by atoms with E-state index in [-0.39, 0.29) is 0 Å². The van der Waals surface area contributed by atoms with E-state index in [9.17, 15) is 0 Å².